The van der Waals surface area contributed by atoms with Gasteiger partial charge in [-0.1, -0.05) is 32.0 Å². The molecule has 0 spiro atoms. The number of hydrogen-bond donors (Lipinski definition) is 1. The summed E-state index contributed by atoms with van der Waals surface area (Å²) in [4.78, 5) is 2.48. The number of nitrogens with zero attached hydrogens (tertiary/aromatic N) is 1. The first-order valence-electron chi connectivity index (χ1n) is 7.89. The van der Waals surface area contributed by atoms with Gasteiger partial charge in [0.1, 0.15) is 12.4 Å². The second kappa shape index (κ2) is 10.7. The number of benzene rings is 1. The Morgan fingerprint density at radius 3 is 2.50 bits per heavy atom. The molecule has 1 unspecified atom stereocenters. The minimum Gasteiger partial charge on any atom is -0.492 e. The highest BCUT2D eigenvalue weighted by Gasteiger charge is 2.03. The average molecular weight is 278 g/mol. The Hall–Kier alpha value is -1.06. The van der Waals surface area contributed by atoms with Gasteiger partial charge in [0.05, 0.1) is 0 Å². The van der Waals surface area contributed by atoms with Crippen molar-refractivity contribution in [1.29, 1.82) is 0 Å². The molecule has 0 aliphatic carbocycles. The van der Waals surface area contributed by atoms with Gasteiger partial charge >= 0.3 is 0 Å². The van der Waals surface area contributed by atoms with Crippen LogP contribution < -0.4 is 10.1 Å². The summed E-state index contributed by atoms with van der Waals surface area (Å²) in [6.07, 6.45) is 2.48. The standard InChI is InChI=1S/C17H30N2O/c1-4-19(5-2)14-9-10-16(3)18-13-15-20-17-11-7-6-8-12-17/h6-8,11-12,16,18H,4-5,9-10,13-15H2,1-3H3. The van der Waals surface area contributed by atoms with Crippen molar-refractivity contribution in [2.24, 2.45) is 0 Å². The Kier molecular flexibility index (Phi) is 9.09. The van der Waals surface area contributed by atoms with Crippen LogP contribution in [0.2, 0.25) is 0 Å². The Morgan fingerprint density at radius 1 is 1.15 bits per heavy atom. The molecule has 0 saturated carbocycles. The van der Waals surface area contributed by atoms with Gasteiger partial charge in [0, 0.05) is 12.6 Å². The number of rotatable bonds is 11. The van der Waals surface area contributed by atoms with E-state index < -0.39 is 0 Å². The van der Waals surface area contributed by atoms with Crippen LogP contribution in [0.15, 0.2) is 30.3 Å². The van der Waals surface area contributed by atoms with Gasteiger partial charge < -0.3 is 15.0 Å². The first-order valence-corrected chi connectivity index (χ1v) is 7.89. The molecule has 20 heavy (non-hydrogen) atoms. The van der Waals surface area contributed by atoms with E-state index in [1.54, 1.807) is 0 Å². The molecule has 114 valence electrons. The van der Waals surface area contributed by atoms with Crippen LogP contribution in [0.3, 0.4) is 0 Å². The van der Waals surface area contributed by atoms with Gasteiger partial charge in [-0.25, -0.2) is 0 Å². The van der Waals surface area contributed by atoms with Gasteiger partial charge in [-0.3, -0.25) is 0 Å². The highest BCUT2D eigenvalue weighted by atomic mass is 16.5. The summed E-state index contributed by atoms with van der Waals surface area (Å²) in [5, 5.41) is 3.52. The molecule has 0 heterocycles. The van der Waals surface area contributed by atoms with E-state index >= 15 is 0 Å². The molecular weight excluding hydrogens is 248 g/mol. The van der Waals surface area contributed by atoms with Crippen molar-refractivity contribution in [2.45, 2.75) is 39.7 Å². The van der Waals surface area contributed by atoms with Crippen LogP contribution in [0.1, 0.15) is 33.6 Å². The third-order valence-corrected chi connectivity index (χ3v) is 3.61. The van der Waals surface area contributed by atoms with Crippen molar-refractivity contribution >= 4 is 0 Å². The third kappa shape index (κ3) is 7.51. The van der Waals surface area contributed by atoms with E-state index in [0.29, 0.717) is 6.04 Å². The van der Waals surface area contributed by atoms with Crippen molar-refractivity contribution in [2.75, 3.05) is 32.8 Å². The van der Waals surface area contributed by atoms with E-state index in [1.165, 1.54) is 19.4 Å². The average Bonchev–Trinajstić information content (AvgIpc) is 2.49. The Bertz CT molecular complexity index is 325. The molecule has 1 rings (SSSR count). The second-order valence-corrected chi connectivity index (χ2v) is 5.19. The zero-order valence-electron chi connectivity index (χ0n) is 13.3. The van der Waals surface area contributed by atoms with Crippen molar-refractivity contribution in [3.63, 3.8) is 0 Å². The fraction of sp³-hybridized carbons (Fsp3) is 0.647. The highest BCUT2D eigenvalue weighted by Crippen LogP contribution is 2.07. The highest BCUT2D eigenvalue weighted by molar-refractivity contribution is 5.20. The summed E-state index contributed by atoms with van der Waals surface area (Å²) >= 11 is 0. The number of ether oxygens (including phenoxy) is 1. The van der Waals surface area contributed by atoms with Crippen LogP contribution in [0.4, 0.5) is 0 Å². The maximum absolute atomic E-state index is 5.66. The first-order chi connectivity index (χ1) is 9.76. The Labute approximate surface area is 124 Å². The summed E-state index contributed by atoms with van der Waals surface area (Å²) in [6.45, 7) is 11.9. The van der Waals surface area contributed by atoms with E-state index in [0.717, 1.165) is 32.0 Å². The molecule has 3 heteroatoms. The predicted octanol–water partition coefficient (Wildman–Crippen LogP) is 3.17. The smallest absolute Gasteiger partial charge is 0.119 e. The second-order valence-electron chi connectivity index (χ2n) is 5.19. The predicted molar refractivity (Wildman–Crippen MR) is 86.4 cm³/mol. The fourth-order valence-corrected chi connectivity index (χ4v) is 2.25. The molecule has 0 saturated heterocycles. The van der Waals surface area contributed by atoms with Crippen LogP contribution in [0.25, 0.3) is 0 Å². The van der Waals surface area contributed by atoms with Crippen molar-refractivity contribution < 1.29 is 4.74 Å². The van der Waals surface area contributed by atoms with Crippen LogP contribution in [0.5, 0.6) is 5.75 Å². The van der Waals surface area contributed by atoms with E-state index in [-0.39, 0.29) is 0 Å². The fourth-order valence-electron chi connectivity index (χ4n) is 2.25. The summed E-state index contributed by atoms with van der Waals surface area (Å²) in [5.74, 6) is 0.948. The molecule has 0 radical (unpaired) electrons. The van der Waals surface area contributed by atoms with Crippen LogP contribution in [0, 0.1) is 0 Å². The lowest BCUT2D eigenvalue weighted by Gasteiger charge is -2.19. The molecule has 0 aliphatic rings. The maximum Gasteiger partial charge on any atom is 0.119 e. The Balaban J connectivity index is 2.01. The minimum atomic E-state index is 0.560. The van der Waals surface area contributed by atoms with E-state index in [2.05, 4.69) is 31.0 Å². The molecule has 0 fully saturated rings. The minimum absolute atomic E-state index is 0.560. The molecular formula is C17H30N2O. The molecule has 0 aromatic heterocycles. The van der Waals surface area contributed by atoms with Crippen LogP contribution in [-0.2, 0) is 0 Å². The summed E-state index contributed by atoms with van der Waals surface area (Å²) in [6, 6.07) is 10.5. The maximum atomic E-state index is 5.66. The molecule has 1 aromatic rings. The van der Waals surface area contributed by atoms with Gasteiger partial charge in [-0.05, 0) is 51.5 Å². The van der Waals surface area contributed by atoms with Crippen molar-refractivity contribution in [3.05, 3.63) is 30.3 Å². The molecule has 1 N–H and O–H groups in total. The topological polar surface area (TPSA) is 24.5 Å². The summed E-state index contributed by atoms with van der Waals surface area (Å²) in [7, 11) is 0. The summed E-state index contributed by atoms with van der Waals surface area (Å²) in [5.41, 5.74) is 0. The molecule has 3 nitrogen and oxygen atoms in total. The van der Waals surface area contributed by atoms with Crippen LogP contribution in [-0.4, -0.2) is 43.7 Å². The quantitative estimate of drug-likeness (QED) is 0.629. The van der Waals surface area contributed by atoms with Gasteiger partial charge in [0.15, 0.2) is 0 Å². The molecule has 0 amide bonds. The van der Waals surface area contributed by atoms with Crippen molar-refractivity contribution in [1.82, 2.24) is 10.2 Å². The van der Waals surface area contributed by atoms with E-state index in [4.69, 9.17) is 4.74 Å². The van der Waals surface area contributed by atoms with Crippen molar-refractivity contribution in [3.8, 4) is 5.75 Å². The zero-order chi connectivity index (χ0) is 14.6. The van der Waals surface area contributed by atoms with Crippen LogP contribution >= 0.6 is 0 Å². The molecule has 0 bridgehead atoms. The lowest BCUT2D eigenvalue weighted by Crippen LogP contribution is -2.31. The lowest BCUT2D eigenvalue weighted by molar-refractivity contribution is 0.282. The lowest BCUT2D eigenvalue weighted by atomic mass is 10.2. The normalized spacial score (nSPS) is 12.6. The number of para-hydroxylation sites is 1. The van der Waals surface area contributed by atoms with Gasteiger partial charge in [-0.2, -0.15) is 0 Å². The number of nitrogens with one attached hydrogen (secondary N) is 1. The SMILES string of the molecule is CCN(CC)CCCC(C)NCCOc1ccccc1. The molecule has 1 atom stereocenters. The largest absolute Gasteiger partial charge is 0.492 e. The molecule has 0 aliphatic heterocycles. The molecule has 1 aromatic carbocycles. The van der Waals surface area contributed by atoms with Gasteiger partial charge in [0.25, 0.3) is 0 Å². The number of hydrogen-bond acceptors (Lipinski definition) is 3. The third-order valence-electron chi connectivity index (χ3n) is 3.61. The van der Waals surface area contributed by atoms with Gasteiger partial charge in [0.2, 0.25) is 0 Å². The first kappa shape index (κ1) is 17.0. The Morgan fingerprint density at radius 2 is 1.85 bits per heavy atom. The monoisotopic (exact) mass is 278 g/mol. The van der Waals surface area contributed by atoms with E-state index in [1.807, 2.05) is 30.3 Å². The zero-order valence-corrected chi connectivity index (χ0v) is 13.3. The van der Waals surface area contributed by atoms with Gasteiger partial charge in [-0.15, -0.1) is 0 Å². The summed E-state index contributed by atoms with van der Waals surface area (Å²) < 4.78 is 5.66. The van der Waals surface area contributed by atoms with E-state index in [9.17, 15) is 0 Å².